The zero-order valence-corrected chi connectivity index (χ0v) is 11.3. The van der Waals surface area contributed by atoms with Gasteiger partial charge in [-0.3, -0.25) is 4.79 Å². The van der Waals surface area contributed by atoms with E-state index in [1.54, 1.807) is 30.3 Å². The number of methoxy groups -OCH3 is 1. The predicted octanol–water partition coefficient (Wildman–Crippen LogP) is 1.87. The number of rotatable bonds is 4. The largest absolute Gasteiger partial charge is 0.504 e. The Hall–Kier alpha value is -3.02. The summed E-state index contributed by atoms with van der Waals surface area (Å²) in [6, 6.07) is 10.9. The summed E-state index contributed by atoms with van der Waals surface area (Å²) < 4.78 is 5.03. The number of nitrogens with one attached hydrogen (secondary N) is 1. The van der Waals surface area contributed by atoms with Crippen molar-refractivity contribution in [3.8, 4) is 17.2 Å². The number of carbonyl (C=O) groups is 1. The van der Waals surface area contributed by atoms with Crippen molar-refractivity contribution in [1.82, 2.24) is 5.43 Å². The fourth-order valence-corrected chi connectivity index (χ4v) is 1.62. The maximum absolute atomic E-state index is 11.9. The van der Waals surface area contributed by atoms with Crippen molar-refractivity contribution in [2.45, 2.75) is 0 Å². The SMILES string of the molecule is COc1cccc(C(=O)NN=Cc2ccc(O)c(O)c2)c1. The summed E-state index contributed by atoms with van der Waals surface area (Å²) in [7, 11) is 1.52. The van der Waals surface area contributed by atoms with Gasteiger partial charge in [-0.1, -0.05) is 6.07 Å². The Bertz CT molecular complexity index is 683. The summed E-state index contributed by atoms with van der Waals surface area (Å²) in [5, 5.41) is 22.3. The Labute approximate surface area is 121 Å². The fourth-order valence-electron chi connectivity index (χ4n) is 1.62. The molecule has 6 nitrogen and oxygen atoms in total. The maximum Gasteiger partial charge on any atom is 0.271 e. The van der Waals surface area contributed by atoms with Crippen molar-refractivity contribution in [2.75, 3.05) is 7.11 Å². The van der Waals surface area contributed by atoms with E-state index in [1.165, 1.54) is 25.5 Å². The first-order valence-corrected chi connectivity index (χ1v) is 6.09. The van der Waals surface area contributed by atoms with Crippen LogP contribution in [-0.2, 0) is 0 Å². The van der Waals surface area contributed by atoms with Crippen LogP contribution < -0.4 is 10.2 Å². The molecule has 0 saturated heterocycles. The molecule has 21 heavy (non-hydrogen) atoms. The van der Waals surface area contributed by atoms with Gasteiger partial charge < -0.3 is 14.9 Å². The smallest absolute Gasteiger partial charge is 0.271 e. The second-order valence-corrected chi connectivity index (χ2v) is 4.18. The lowest BCUT2D eigenvalue weighted by Gasteiger charge is -2.03. The van der Waals surface area contributed by atoms with Crippen LogP contribution in [0.4, 0.5) is 0 Å². The minimum Gasteiger partial charge on any atom is -0.504 e. The molecule has 0 bridgehead atoms. The summed E-state index contributed by atoms with van der Waals surface area (Å²) in [5.74, 6) is -0.270. The van der Waals surface area contributed by atoms with Crippen molar-refractivity contribution in [3.05, 3.63) is 53.6 Å². The Morgan fingerprint density at radius 3 is 2.71 bits per heavy atom. The van der Waals surface area contributed by atoms with Crippen LogP contribution in [0, 0.1) is 0 Å². The summed E-state index contributed by atoms with van der Waals surface area (Å²) in [5.41, 5.74) is 3.32. The second kappa shape index (κ2) is 6.42. The van der Waals surface area contributed by atoms with Gasteiger partial charge in [0.2, 0.25) is 0 Å². The van der Waals surface area contributed by atoms with E-state index in [4.69, 9.17) is 4.74 Å². The molecule has 2 aromatic carbocycles. The van der Waals surface area contributed by atoms with Gasteiger partial charge in [0.25, 0.3) is 5.91 Å². The number of benzene rings is 2. The molecular formula is C15H14N2O4. The standard InChI is InChI=1S/C15H14N2O4/c1-21-12-4-2-3-11(8-12)15(20)17-16-9-10-5-6-13(18)14(19)7-10/h2-9,18-19H,1H3,(H,17,20). The molecule has 0 unspecified atom stereocenters. The quantitative estimate of drug-likeness (QED) is 0.454. The number of aromatic hydroxyl groups is 2. The Kier molecular flexibility index (Phi) is 4.40. The molecule has 0 aliphatic heterocycles. The lowest BCUT2D eigenvalue weighted by Crippen LogP contribution is -2.17. The molecule has 0 heterocycles. The average molecular weight is 286 g/mol. The van der Waals surface area contributed by atoms with Crippen LogP contribution >= 0.6 is 0 Å². The number of carbonyl (C=O) groups excluding carboxylic acids is 1. The number of hydrogen-bond acceptors (Lipinski definition) is 5. The van der Waals surface area contributed by atoms with Gasteiger partial charge in [0.1, 0.15) is 5.75 Å². The minimum atomic E-state index is -0.381. The van der Waals surface area contributed by atoms with E-state index in [-0.39, 0.29) is 17.4 Å². The van der Waals surface area contributed by atoms with E-state index in [9.17, 15) is 15.0 Å². The average Bonchev–Trinajstić information content (AvgIpc) is 2.50. The van der Waals surface area contributed by atoms with Crippen LogP contribution in [0.3, 0.4) is 0 Å². The molecule has 0 saturated carbocycles. The molecule has 2 rings (SSSR count). The molecule has 0 spiro atoms. The Morgan fingerprint density at radius 1 is 1.19 bits per heavy atom. The van der Waals surface area contributed by atoms with E-state index < -0.39 is 0 Å². The first-order chi connectivity index (χ1) is 10.1. The van der Waals surface area contributed by atoms with Crippen LogP contribution in [0.15, 0.2) is 47.6 Å². The number of hydrogen-bond donors (Lipinski definition) is 3. The van der Waals surface area contributed by atoms with Gasteiger partial charge in [-0.15, -0.1) is 0 Å². The molecule has 0 aliphatic carbocycles. The van der Waals surface area contributed by atoms with Crippen molar-refractivity contribution in [2.24, 2.45) is 5.10 Å². The summed E-state index contributed by atoms with van der Waals surface area (Å²) in [4.78, 5) is 11.9. The zero-order valence-electron chi connectivity index (χ0n) is 11.3. The molecule has 3 N–H and O–H groups in total. The number of nitrogens with zero attached hydrogens (tertiary/aromatic N) is 1. The maximum atomic E-state index is 11.9. The van der Waals surface area contributed by atoms with Gasteiger partial charge in [-0.25, -0.2) is 5.43 Å². The number of ether oxygens (including phenoxy) is 1. The molecule has 0 fully saturated rings. The first-order valence-electron chi connectivity index (χ1n) is 6.09. The highest BCUT2D eigenvalue weighted by atomic mass is 16.5. The Morgan fingerprint density at radius 2 is 2.00 bits per heavy atom. The molecule has 6 heteroatoms. The van der Waals surface area contributed by atoms with E-state index in [0.717, 1.165) is 0 Å². The molecule has 0 radical (unpaired) electrons. The van der Waals surface area contributed by atoms with Gasteiger partial charge in [-0.05, 0) is 42.0 Å². The van der Waals surface area contributed by atoms with Gasteiger partial charge in [0.15, 0.2) is 11.5 Å². The van der Waals surface area contributed by atoms with Gasteiger partial charge >= 0.3 is 0 Å². The molecule has 0 aromatic heterocycles. The third-order valence-electron chi connectivity index (χ3n) is 2.71. The molecule has 2 aromatic rings. The predicted molar refractivity (Wildman–Crippen MR) is 77.8 cm³/mol. The highest BCUT2D eigenvalue weighted by Crippen LogP contribution is 2.23. The van der Waals surface area contributed by atoms with Crippen LogP contribution in [0.25, 0.3) is 0 Å². The Balaban J connectivity index is 2.02. The van der Waals surface area contributed by atoms with Crippen molar-refractivity contribution in [3.63, 3.8) is 0 Å². The molecule has 108 valence electrons. The molecule has 1 amide bonds. The van der Waals surface area contributed by atoms with E-state index in [1.807, 2.05) is 0 Å². The lowest BCUT2D eigenvalue weighted by molar-refractivity contribution is 0.0955. The highest BCUT2D eigenvalue weighted by molar-refractivity contribution is 5.95. The molecule has 0 aliphatic rings. The van der Waals surface area contributed by atoms with Crippen molar-refractivity contribution in [1.29, 1.82) is 0 Å². The zero-order chi connectivity index (χ0) is 15.2. The van der Waals surface area contributed by atoms with Crippen LogP contribution in [0.2, 0.25) is 0 Å². The van der Waals surface area contributed by atoms with E-state index in [0.29, 0.717) is 16.9 Å². The van der Waals surface area contributed by atoms with Crippen molar-refractivity contribution >= 4 is 12.1 Å². The van der Waals surface area contributed by atoms with Gasteiger partial charge in [0, 0.05) is 5.56 Å². The lowest BCUT2D eigenvalue weighted by atomic mass is 10.2. The van der Waals surface area contributed by atoms with Gasteiger partial charge in [0.05, 0.1) is 13.3 Å². The topological polar surface area (TPSA) is 91.2 Å². The fraction of sp³-hybridized carbons (Fsp3) is 0.0667. The second-order valence-electron chi connectivity index (χ2n) is 4.18. The van der Waals surface area contributed by atoms with E-state index in [2.05, 4.69) is 10.5 Å². The summed E-state index contributed by atoms with van der Waals surface area (Å²) >= 11 is 0. The highest BCUT2D eigenvalue weighted by Gasteiger charge is 2.05. The molecular weight excluding hydrogens is 272 g/mol. The number of amides is 1. The molecule has 0 atom stereocenters. The van der Waals surface area contributed by atoms with Crippen molar-refractivity contribution < 1.29 is 19.7 Å². The van der Waals surface area contributed by atoms with E-state index >= 15 is 0 Å². The third-order valence-corrected chi connectivity index (χ3v) is 2.71. The van der Waals surface area contributed by atoms with Crippen LogP contribution in [0.5, 0.6) is 17.2 Å². The van der Waals surface area contributed by atoms with Crippen LogP contribution in [0.1, 0.15) is 15.9 Å². The summed E-state index contributed by atoms with van der Waals surface area (Å²) in [6.45, 7) is 0. The van der Waals surface area contributed by atoms with Crippen LogP contribution in [-0.4, -0.2) is 29.4 Å². The number of phenolic OH excluding ortho intramolecular Hbond substituents is 2. The minimum absolute atomic E-state index is 0.215. The first kappa shape index (κ1) is 14.4. The number of phenols is 2. The van der Waals surface area contributed by atoms with Gasteiger partial charge in [-0.2, -0.15) is 5.10 Å². The third kappa shape index (κ3) is 3.73. The normalized spacial score (nSPS) is 10.5. The summed E-state index contributed by atoms with van der Waals surface area (Å²) in [6.07, 6.45) is 1.36. The monoisotopic (exact) mass is 286 g/mol. The number of hydrazone groups is 1.